The average molecular weight is 561 g/mol. The second-order valence-electron chi connectivity index (χ2n) is 8.36. The van der Waals surface area contributed by atoms with E-state index >= 15 is 0 Å². The summed E-state index contributed by atoms with van der Waals surface area (Å²) in [6, 6.07) is 10.9. The monoisotopic (exact) mass is 560 g/mol. The number of rotatable bonds is 10. The van der Waals surface area contributed by atoms with Crippen LogP contribution >= 0.6 is 11.6 Å². The quantitative estimate of drug-likeness (QED) is 0.235. The molecule has 1 aromatic heterocycles. The number of aromatic amines is 1. The van der Waals surface area contributed by atoms with E-state index < -0.39 is 27.5 Å². The highest BCUT2D eigenvalue weighted by atomic mass is 35.5. The van der Waals surface area contributed by atoms with Crippen molar-refractivity contribution in [2.45, 2.75) is 17.9 Å². The lowest BCUT2D eigenvalue weighted by atomic mass is 9.95. The van der Waals surface area contributed by atoms with Crippen molar-refractivity contribution in [3.05, 3.63) is 76.7 Å². The summed E-state index contributed by atoms with van der Waals surface area (Å²) in [7, 11) is 0.637. The largest absolute Gasteiger partial charge is 0.497 e. The van der Waals surface area contributed by atoms with Gasteiger partial charge in [0.05, 0.1) is 37.5 Å². The molecule has 0 spiro atoms. The maximum atomic E-state index is 14.6. The number of benzene rings is 3. The Morgan fingerprint density at radius 3 is 2.42 bits per heavy atom. The highest BCUT2D eigenvalue weighted by Crippen LogP contribution is 2.36. The van der Waals surface area contributed by atoms with Gasteiger partial charge in [-0.3, -0.25) is 4.79 Å². The maximum Gasteiger partial charge on any atom is 0.191 e. The van der Waals surface area contributed by atoms with Crippen molar-refractivity contribution in [1.29, 1.82) is 0 Å². The molecule has 2 N–H and O–H groups in total. The van der Waals surface area contributed by atoms with Gasteiger partial charge in [-0.05, 0) is 30.3 Å². The summed E-state index contributed by atoms with van der Waals surface area (Å²) in [5, 5.41) is 3.89. The standard InChI is InChI=1S/C27H26ClFN2O6S/c1-5-38(33,34)18-10-16(9-17(11-18)35-2)31-26(19-7-6-15(28)8-24(19)36-3)27(32)21-14-30-23-13-25(37-4)22(29)12-20(21)23/h6-14,26,30-31H,5H2,1-4H3. The van der Waals surface area contributed by atoms with Gasteiger partial charge in [-0.25, -0.2) is 12.8 Å². The predicted molar refractivity (Wildman–Crippen MR) is 144 cm³/mol. The number of carbonyl (C=O) groups is 1. The third kappa shape index (κ3) is 5.27. The summed E-state index contributed by atoms with van der Waals surface area (Å²) in [4.78, 5) is 17.1. The number of hydrogen-bond acceptors (Lipinski definition) is 7. The number of nitrogens with one attached hydrogen (secondary N) is 2. The van der Waals surface area contributed by atoms with Crippen molar-refractivity contribution in [2.75, 3.05) is 32.4 Å². The van der Waals surface area contributed by atoms with Crippen molar-refractivity contribution < 1.29 is 31.8 Å². The van der Waals surface area contributed by atoms with Crippen LogP contribution in [0.2, 0.25) is 5.02 Å². The van der Waals surface area contributed by atoms with Crippen molar-refractivity contribution in [2.24, 2.45) is 0 Å². The van der Waals surface area contributed by atoms with Crippen molar-refractivity contribution in [3.8, 4) is 17.2 Å². The fourth-order valence-electron chi connectivity index (χ4n) is 4.13. The molecule has 4 aromatic rings. The number of aromatic nitrogens is 1. The molecule has 0 aliphatic heterocycles. The molecular weight excluding hydrogens is 535 g/mol. The Balaban J connectivity index is 1.88. The van der Waals surface area contributed by atoms with Crippen LogP contribution in [-0.4, -0.2) is 46.3 Å². The molecule has 11 heteroatoms. The highest BCUT2D eigenvalue weighted by molar-refractivity contribution is 7.91. The number of ether oxygens (including phenoxy) is 3. The van der Waals surface area contributed by atoms with Gasteiger partial charge in [0.15, 0.2) is 27.2 Å². The lowest BCUT2D eigenvalue weighted by Crippen LogP contribution is -2.22. The zero-order valence-corrected chi connectivity index (χ0v) is 22.7. The summed E-state index contributed by atoms with van der Waals surface area (Å²) in [5.41, 5.74) is 1.47. The van der Waals surface area contributed by atoms with Gasteiger partial charge in [-0.15, -0.1) is 0 Å². The predicted octanol–water partition coefficient (Wildman–Crippen LogP) is 5.82. The molecule has 0 saturated heterocycles. The molecule has 200 valence electrons. The first-order chi connectivity index (χ1) is 18.1. The minimum absolute atomic E-state index is 0.0356. The molecule has 0 bridgehead atoms. The van der Waals surface area contributed by atoms with Crippen LogP contribution in [0, 0.1) is 5.82 Å². The molecule has 3 aromatic carbocycles. The lowest BCUT2D eigenvalue weighted by Gasteiger charge is -2.22. The van der Waals surface area contributed by atoms with Crippen LogP contribution in [0.4, 0.5) is 10.1 Å². The van der Waals surface area contributed by atoms with Crippen molar-refractivity contribution >= 4 is 43.8 Å². The van der Waals surface area contributed by atoms with Gasteiger partial charge >= 0.3 is 0 Å². The van der Waals surface area contributed by atoms with Gasteiger partial charge in [0.2, 0.25) is 0 Å². The molecule has 1 heterocycles. The number of sulfone groups is 1. The van der Waals surface area contributed by atoms with Gasteiger partial charge in [-0.2, -0.15) is 0 Å². The van der Waals surface area contributed by atoms with Gasteiger partial charge in [-0.1, -0.05) is 24.6 Å². The Hall–Kier alpha value is -3.76. The SMILES string of the molecule is CCS(=O)(=O)c1cc(NC(C(=O)c2c[nH]c3cc(OC)c(F)cc23)c2ccc(Cl)cc2OC)cc(OC)c1. The van der Waals surface area contributed by atoms with Crippen LogP contribution in [0.15, 0.2) is 59.6 Å². The minimum atomic E-state index is -3.58. The number of methoxy groups -OCH3 is 3. The zero-order valence-electron chi connectivity index (χ0n) is 21.1. The van der Waals surface area contributed by atoms with Crippen LogP contribution in [0.5, 0.6) is 17.2 Å². The molecule has 38 heavy (non-hydrogen) atoms. The van der Waals surface area contributed by atoms with E-state index in [0.29, 0.717) is 32.9 Å². The van der Waals surface area contributed by atoms with Crippen molar-refractivity contribution in [3.63, 3.8) is 0 Å². The summed E-state index contributed by atoms with van der Waals surface area (Å²) < 4.78 is 55.7. The zero-order chi connectivity index (χ0) is 27.6. The Kier molecular flexibility index (Phi) is 7.84. The number of H-pyrrole nitrogens is 1. The molecule has 0 saturated carbocycles. The third-order valence-corrected chi connectivity index (χ3v) is 8.10. The maximum absolute atomic E-state index is 14.6. The summed E-state index contributed by atoms with van der Waals surface area (Å²) in [5.74, 6) is -0.503. The van der Waals surface area contributed by atoms with E-state index in [-0.39, 0.29) is 27.7 Å². The number of carbonyl (C=O) groups excluding carboxylic acids is 1. The van der Waals surface area contributed by atoms with Crippen LogP contribution in [0.1, 0.15) is 28.9 Å². The molecule has 0 amide bonds. The molecule has 8 nitrogen and oxygen atoms in total. The topological polar surface area (TPSA) is 107 Å². The molecule has 0 aliphatic carbocycles. The summed E-state index contributed by atoms with van der Waals surface area (Å²) in [6.07, 6.45) is 1.49. The molecule has 4 rings (SSSR count). The van der Waals surface area contributed by atoms with E-state index in [9.17, 15) is 17.6 Å². The first kappa shape index (κ1) is 27.3. The number of halogens is 2. The van der Waals surface area contributed by atoms with E-state index in [0.717, 1.165) is 0 Å². The molecule has 0 aliphatic rings. The molecule has 1 atom stereocenters. The van der Waals surface area contributed by atoms with E-state index in [1.54, 1.807) is 24.3 Å². The summed E-state index contributed by atoms with van der Waals surface area (Å²) >= 11 is 6.16. The second kappa shape index (κ2) is 10.9. The van der Waals surface area contributed by atoms with Crippen LogP contribution in [-0.2, 0) is 9.84 Å². The van der Waals surface area contributed by atoms with E-state index in [2.05, 4.69) is 10.3 Å². The van der Waals surface area contributed by atoms with Gasteiger partial charge < -0.3 is 24.5 Å². The number of anilines is 1. The van der Waals surface area contributed by atoms with Gasteiger partial charge in [0.1, 0.15) is 17.5 Å². The Labute approximate surface area is 224 Å². The summed E-state index contributed by atoms with van der Waals surface area (Å²) in [6.45, 7) is 1.54. The van der Waals surface area contributed by atoms with E-state index in [4.69, 9.17) is 25.8 Å². The van der Waals surface area contributed by atoms with Crippen LogP contribution in [0.25, 0.3) is 10.9 Å². The fraction of sp³-hybridized carbons (Fsp3) is 0.222. The van der Waals surface area contributed by atoms with Crippen LogP contribution in [0.3, 0.4) is 0 Å². The Morgan fingerprint density at radius 2 is 1.76 bits per heavy atom. The lowest BCUT2D eigenvalue weighted by molar-refractivity contribution is 0.0970. The number of fused-ring (bicyclic) bond motifs is 1. The average Bonchev–Trinajstić information content (AvgIpc) is 3.33. The van der Waals surface area contributed by atoms with Gasteiger partial charge in [0, 0.05) is 45.6 Å². The van der Waals surface area contributed by atoms with Crippen molar-refractivity contribution in [1.82, 2.24) is 4.98 Å². The normalized spacial score (nSPS) is 12.3. The second-order valence-corrected chi connectivity index (χ2v) is 11.1. The minimum Gasteiger partial charge on any atom is -0.497 e. The highest BCUT2D eigenvalue weighted by Gasteiger charge is 2.29. The molecule has 0 fully saturated rings. The Bertz CT molecular complexity index is 1620. The molecule has 1 unspecified atom stereocenters. The number of Topliss-reactive ketones (excluding diaryl/α,β-unsaturated/α-hetero) is 1. The van der Waals surface area contributed by atoms with E-state index in [1.165, 1.54) is 58.7 Å². The first-order valence-corrected chi connectivity index (χ1v) is 13.6. The smallest absolute Gasteiger partial charge is 0.191 e. The number of hydrogen-bond donors (Lipinski definition) is 2. The third-order valence-electron chi connectivity index (χ3n) is 6.15. The van der Waals surface area contributed by atoms with Gasteiger partial charge in [0.25, 0.3) is 0 Å². The fourth-order valence-corrected chi connectivity index (χ4v) is 5.23. The van der Waals surface area contributed by atoms with E-state index in [1.807, 2.05) is 0 Å². The Morgan fingerprint density at radius 1 is 1.03 bits per heavy atom. The van der Waals surface area contributed by atoms with Crippen LogP contribution < -0.4 is 19.5 Å². The molecular formula is C27H26ClFN2O6S. The number of ketones is 1. The first-order valence-electron chi connectivity index (χ1n) is 11.5. The molecule has 0 radical (unpaired) electrons.